The summed E-state index contributed by atoms with van der Waals surface area (Å²) in [6.07, 6.45) is 0. The van der Waals surface area contributed by atoms with Gasteiger partial charge < -0.3 is 15.3 Å². The van der Waals surface area contributed by atoms with Crippen LogP contribution in [-0.2, 0) is 4.79 Å². The van der Waals surface area contributed by atoms with Crippen molar-refractivity contribution in [2.75, 3.05) is 36.4 Å². The maximum absolute atomic E-state index is 12.5. The second kappa shape index (κ2) is 8.16. The Labute approximate surface area is 163 Å². The standard InChI is InChI=1S/C19H21Cl2N3O2/c1-13(19(26)22-16-11-14(20)10-15(21)12-16)23-6-8-24(9-7-23)17-4-2-3-5-18(17)25/h2-5,10-13,25H,6-9H2,1H3,(H,22,26)/t13-/m0/s1. The van der Waals surface area contributed by atoms with Gasteiger partial charge in [-0.25, -0.2) is 0 Å². The molecule has 3 rings (SSSR count). The Kier molecular flexibility index (Phi) is 5.91. The molecule has 1 heterocycles. The van der Waals surface area contributed by atoms with Gasteiger partial charge in [0.05, 0.1) is 11.7 Å². The van der Waals surface area contributed by atoms with Crippen LogP contribution < -0.4 is 10.2 Å². The number of piperazine rings is 1. The molecule has 0 saturated carbocycles. The first-order chi connectivity index (χ1) is 12.4. The number of phenolic OH excluding ortho intramolecular Hbond substituents is 1. The minimum absolute atomic E-state index is 0.0978. The Hall–Kier alpha value is -1.95. The smallest absolute Gasteiger partial charge is 0.241 e. The Bertz CT molecular complexity index is 772. The van der Waals surface area contributed by atoms with Crippen LogP contribution in [-0.4, -0.2) is 48.1 Å². The van der Waals surface area contributed by atoms with Crippen LogP contribution in [0, 0.1) is 0 Å². The van der Waals surface area contributed by atoms with E-state index in [-0.39, 0.29) is 17.7 Å². The van der Waals surface area contributed by atoms with Gasteiger partial charge in [-0.2, -0.15) is 0 Å². The van der Waals surface area contributed by atoms with Crippen LogP contribution in [0.15, 0.2) is 42.5 Å². The number of carbonyl (C=O) groups excluding carboxylic acids is 1. The molecule has 2 aromatic carbocycles. The first kappa shape index (κ1) is 18.8. The van der Waals surface area contributed by atoms with Crippen molar-refractivity contribution in [2.24, 2.45) is 0 Å². The Balaban J connectivity index is 1.58. The average molecular weight is 394 g/mol. The molecule has 0 bridgehead atoms. The molecule has 0 aromatic heterocycles. The highest BCUT2D eigenvalue weighted by Gasteiger charge is 2.26. The van der Waals surface area contributed by atoms with Crippen molar-refractivity contribution >= 4 is 40.5 Å². The largest absolute Gasteiger partial charge is 0.506 e. The number of carbonyl (C=O) groups is 1. The van der Waals surface area contributed by atoms with Gasteiger partial charge in [0.2, 0.25) is 5.91 Å². The van der Waals surface area contributed by atoms with Crippen LogP contribution in [0.4, 0.5) is 11.4 Å². The summed E-state index contributed by atoms with van der Waals surface area (Å²) < 4.78 is 0. The number of para-hydroxylation sites is 2. The van der Waals surface area contributed by atoms with E-state index in [2.05, 4.69) is 15.1 Å². The molecule has 0 unspecified atom stereocenters. The SMILES string of the molecule is C[C@@H](C(=O)Nc1cc(Cl)cc(Cl)c1)N1CCN(c2ccccc2O)CC1. The fraction of sp³-hybridized carbons (Fsp3) is 0.316. The summed E-state index contributed by atoms with van der Waals surface area (Å²) in [5, 5.41) is 13.8. The summed E-state index contributed by atoms with van der Waals surface area (Å²) in [6.45, 7) is 4.85. The maximum Gasteiger partial charge on any atom is 0.241 e. The fourth-order valence-electron chi connectivity index (χ4n) is 3.12. The molecule has 2 N–H and O–H groups in total. The van der Waals surface area contributed by atoms with Crippen molar-refractivity contribution in [3.8, 4) is 5.75 Å². The van der Waals surface area contributed by atoms with E-state index in [0.29, 0.717) is 15.7 Å². The van der Waals surface area contributed by atoms with Gasteiger partial charge in [0.25, 0.3) is 0 Å². The van der Waals surface area contributed by atoms with Gasteiger partial charge in [-0.05, 0) is 37.3 Å². The Morgan fingerprint density at radius 3 is 2.31 bits per heavy atom. The molecule has 0 aliphatic carbocycles. The highest BCUT2D eigenvalue weighted by atomic mass is 35.5. The quantitative estimate of drug-likeness (QED) is 0.827. The number of rotatable bonds is 4. The van der Waals surface area contributed by atoms with Crippen molar-refractivity contribution in [2.45, 2.75) is 13.0 Å². The third-order valence-electron chi connectivity index (χ3n) is 4.59. The summed E-state index contributed by atoms with van der Waals surface area (Å²) >= 11 is 12.0. The van der Waals surface area contributed by atoms with Gasteiger partial charge in [0, 0.05) is 41.9 Å². The predicted octanol–water partition coefficient (Wildman–Crippen LogP) is 3.85. The second-order valence-electron chi connectivity index (χ2n) is 6.34. The molecule has 26 heavy (non-hydrogen) atoms. The molecule has 5 nitrogen and oxygen atoms in total. The average Bonchev–Trinajstić information content (AvgIpc) is 2.61. The first-order valence-electron chi connectivity index (χ1n) is 8.48. The third-order valence-corrected chi connectivity index (χ3v) is 5.03. The second-order valence-corrected chi connectivity index (χ2v) is 7.21. The number of phenols is 1. The normalized spacial score (nSPS) is 16.3. The van der Waals surface area contributed by atoms with Gasteiger partial charge in [0.15, 0.2) is 0 Å². The van der Waals surface area contributed by atoms with E-state index in [1.807, 2.05) is 25.1 Å². The molecule has 138 valence electrons. The molecule has 1 aliphatic heterocycles. The minimum Gasteiger partial charge on any atom is -0.506 e. The number of amides is 1. The summed E-state index contributed by atoms with van der Waals surface area (Å²) in [5.41, 5.74) is 1.42. The van der Waals surface area contributed by atoms with Gasteiger partial charge in [-0.3, -0.25) is 9.69 Å². The number of halogens is 2. The maximum atomic E-state index is 12.5. The molecule has 1 amide bonds. The molecule has 0 radical (unpaired) electrons. The zero-order chi connectivity index (χ0) is 18.7. The van der Waals surface area contributed by atoms with Crippen LogP contribution in [0.3, 0.4) is 0 Å². The lowest BCUT2D eigenvalue weighted by Gasteiger charge is -2.38. The van der Waals surface area contributed by atoms with Crippen LogP contribution >= 0.6 is 23.2 Å². The van der Waals surface area contributed by atoms with Crippen LogP contribution in [0.2, 0.25) is 10.0 Å². The molecule has 0 spiro atoms. The highest BCUT2D eigenvalue weighted by molar-refractivity contribution is 6.35. The molecular formula is C19H21Cl2N3O2. The third kappa shape index (κ3) is 4.41. The summed E-state index contributed by atoms with van der Waals surface area (Å²) in [4.78, 5) is 16.8. The van der Waals surface area contributed by atoms with Crippen molar-refractivity contribution in [3.05, 3.63) is 52.5 Å². The van der Waals surface area contributed by atoms with Crippen molar-refractivity contribution in [1.82, 2.24) is 4.90 Å². The number of aromatic hydroxyl groups is 1. The lowest BCUT2D eigenvalue weighted by Crippen LogP contribution is -2.52. The van der Waals surface area contributed by atoms with E-state index < -0.39 is 0 Å². The van der Waals surface area contributed by atoms with Crippen LogP contribution in [0.1, 0.15) is 6.92 Å². The van der Waals surface area contributed by atoms with Crippen LogP contribution in [0.25, 0.3) is 0 Å². The van der Waals surface area contributed by atoms with Gasteiger partial charge >= 0.3 is 0 Å². The molecular weight excluding hydrogens is 373 g/mol. The van der Waals surface area contributed by atoms with Gasteiger partial charge in [-0.15, -0.1) is 0 Å². The van der Waals surface area contributed by atoms with E-state index in [0.717, 1.165) is 31.9 Å². The summed E-state index contributed by atoms with van der Waals surface area (Å²) in [7, 11) is 0. The number of benzene rings is 2. The molecule has 1 fully saturated rings. The molecule has 7 heteroatoms. The molecule has 1 atom stereocenters. The van der Waals surface area contributed by atoms with E-state index in [9.17, 15) is 9.90 Å². The Morgan fingerprint density at radius 2 is 1.69 bits per heavy atom. The zero-order valence-corrected chi connectivity index (χ0v) is 16.0. The van der Waals surface area contributed by atoms with Gasteiger partial charge in [-0.1, -0.05) is 35.3 Å². The number of hydrogen-bond donors (Lipinski definition) is 2. The van der Waals surface area contributed by atoms with Crippen molar-refractivity contribution in [3.63, 3.8) is 0 Å². The lowest BCUT2D eigenvalue weighted by molar-refractivity contribution is -0.120. The van der Waals surface area contributed by atoms with E-state index >= 15 is 0 Å². The predicted molar refractivity (Wildman–Crippen MR) is 106 cm³/mol. The van der Waals surface area contributed by atoms with Crippen molar-refractivity contribution < 1.29 is 9.90 Å². The number of anilines is 2. The molecule has 1 saturated heterocycles. The van der Waals surface area contributed by atoms with E-state index in [4.69, 9.17) is 23.2 Å². The van der Waals surface area contributed by atoms with Crippen LogP contribution in [0.5, 0.6) is 5.75 Å². The summed E-state index contributed by atoms with van der Waals surface area (Å²) in [5.74, 6) is 0.184. The first-order valence-corrected chi connectivity index (χ1v) is 9.23. The molecule has 2 aromatic rings. The van der Waals surface area contributed by atoms with E-state index in [1.54, 1.807) is 24.3 Å². The number of hydrogen-bond acceptors (Lipinski definition) is 4. The zero-order valence-electron chi connectivity index (χ0n) is 14.5. The highest BCUT2D eigenvalue weighted by Crippen LogP contribution is 2.27. The van der Waals surface area contributed by atoms with Gasteiger partial charge in [0.1, 0.15) is 5.75 Å². The minimum atomic E-state index is -0.278. The summed E-state index contributed by atoms with van der Waals surface area (Å²) in [6, 6.07) is 12.0. The fourth-order valence-corrected chi connectivity index (χ4v) is 3.65. The van der Waals surface area contributed by atoms with Crippen molar-refractivity contribution in [1.29, 1.82) is 0 Å². The van der Waals surface area contributed by atoms with E-state index in [1.165, 1.54) is 0 Å². The lowest BCUT2D eigenvalue weighted by atomic mass is 10.2. The monoisotopic (exact) mass is 393 g/mol. The number of nitrogens with one attached hydrogen (secondary N) is 1. The Morgan fingerprint density at radius 1 is 1.08 bits per heavy atom. The molecule has 1 aliphatic rings. The topological polar surface area (TPSA) is 55.8 Å². The number of nitrogens with zero attached hydrogens (tertiary/aromatic N) is 2.